The van der Waals surface area contributed by atoms with Gasteiger partial charge in [0.25, 0.3) is 0 Å². The summed E-state index contributed by atoms with van der Waals surface area (Å²) in [5.74, 6) is -0.298. The van der Waals surface area contributed by atoms with Gasteiger partial charge in [-0.25, -0.2) is 0 Å². The van der Waals surface area contributed by atoms with Gasteiger partial charge in [-0.05, 0) is 37.5 Å². The van der Waals surface area contributed by atoms with E-state index in [1.54, 1.807) is 12.1 Å². The predicted octanol–water partition coefficient (Wildman–Crippen LogP) is 3.34. The number of ether oxygens (including phenoxy) is 1. The van der Waals surface area contributed by atoms with Gasteiger partial charge < -0.3 is 9.64 Å². The zero-order chi connectivity index (χ0) is 15.7. The summed E-state index contributed by atoms with van der Waals surface area (Å²) in [6.07, 6.45) is 4.69. The van der Waals surface area contributed by atoms with E-state index in [-0.39, 0.29) is 24.2 Å². The molecule has 0 aromatic heterocycles. The van der Waals surface area contributed by atoms with Crippen molar-refractivity contribution < 1.29 is 14.3 Å². The van der Waals surface area contributed by atoms with E-state index in [9.17, 15) is 9.59 Å². The van der Waals surface area contributed by atoms with Crippen molar-refractivity contribution in [2.24, 2.45) is 5.92 Å². The molecule has 4 nitrogen and oxygen atoms in total. The van der Waals surface area contributed by atoms with E-state index in [1.165, 1.54) is 12.8 Å². The van der Waals surface area contributed by atoms with Gasteiger partial charge in [0, 0.05) is 19.0 Å². The van der Waals surface area contributed by atoms with Crippen LogP contribution >= 0.6 is 11.6 Å². The number of amides is 1. The number of likely N-dealkylation sites (tertiary alicyclic amines) is 1. The molecule has 22 heavy (non-hydrogen) atoms. The number of carbonyl (C=O) groups excluding carboxylic acids is 2. The Bertz CT molecular complexity index is 596. The summed E-state index contributed by atoms with van der Waals surface area (Å²) in [6, 6.07) is 5.63. The van der Waals surface area contributed by atoms with Crippen LogP contribution in [0.3, 0.4) is 0 Å². The summed E-state index contributed by atoms with van der Waals surface area (Å²) in [4.78, 5) is 26.3. The van der Waals surface area contributed by atoms with Gasteiger partial charge in [-0.2, -0.15) is 0 Å². The molecule has 1 saturated carbocycles. The number of hydrogen-bond donors (Lipinski definition) is 0. The maximum Gasteiger partial charge on any atom is 0.316 e. The molecule has 1 heterocycles. The number of esters is 1. The molecule has 1 aliphatic carbocycles. The van der Waals surface area contributed by atoms with Gasteiger partial charge in [0.2, 0.25) is 5.91 Å². The van der Waals surface area contributed by atoms with E-state index in [4.69, 9.17) is 16.3 Å². The molecule has 3 rings (SSSR count). The molecule has 5 heteroatoms. The van der Waals surface area contributed by atoms with Gasteiger partial charge in [0.15, 0.2) is 0 Å². The molecule has 0 spiro atoms. The minimum Gasteiger partial charge on any atom is -0.425 e. The number of benzene rings is 1. The van der Waals surface area contributed by atoms with Crippen molar-refractivity contribution in [3.05, 3.63) is 28.8 Å². The number of nitrogens with zero attached hydrogens (tertiary/aromatic N) is 1. The maximum absolute atomic E-state index is 12.3. The second kappa shape index (κ2) is 6.29. The zero-order valence-electron chi connectivity index (χ0n) is 12.7. The summed E-state index contributed by atoms with van der Waals surface area (Å²) >= 11 is 6.05. The fourth-order valence-corrected chi connectivity index (χ4v) is 3.49. The third-order valence-electron chi connectivity index (χ3n) is 4.55. The van der Waals surface area contributed by atoms with E-state index >= 15 is 0 Å². The maximum atomic E-state index is 12.3. The van der Waals surface area contributed by atoms with Gasteiger partial charge in [-0.3, -0.25) is 9.59 Å². The quantitative estimate of drug-likeness (QED) is 0.633. The van der Waals surface area contributed by atoms with Gasteiger partial charge in [0.1, 0.15) is 5.75 Å². The van der Waals surface area contributed by atoms with Crippen molar-refractivity contribution in [2.75, 3.05) is 6.54 Å². The highest BCUT2D eigenvalue weighted by molar-refractivity contribution is 6.32. The van der Waals surface area contributed by atoms with Crippen LogP contribution in [0.25, 0.3) is 0 Å². The third-order valence-corrected chi connectivity index (χ3v) is 4.87. The normalized spacial score (nSPS) is 22.4. The van der Waals surface area contributed by atoms with Crippen LogP contribution in [0.15, 0.2) is 18.2 Å². The van der Waals surface area contributed by atoms with Crippen molar-refractivity contribution in [3.63, 3.8) is 0 Å². The summed E-state index contributed by atoms with van der Waals surface area (Å²) in [5, 5.41) is 0.413. The largest absolute Gasteiger partial charge is 0.425 e. The summed E-state index contributed by atoms with van der Waals surface area (Å²) in [5.41, 5.74) is 0.974. The lowest BCUT2D eigenvalue weighted by Crippen LogP contribution is -2.35. The fraction of sp³-hybridized carbons (Fsp3) is 0.529. The van der Waals surface area contributed by atoms with Crippen LogP contribution in [-0.2, 0) is 9.59 Å². The molecule has 2 fully saturated rings. The molecule has 1 atom stereocenters. The highest BCUT2D eigenvalue weighted by atomic mass is 35.5. The fourth-order valence-electron chi connectivity index (χ4n) is 3.34. The van der Waals surface area contributed by atoms with Crippen LogP contribution in [0.5, 0.6) is 5.75 Å². The molecule has 2 aliphatic rings. The molecule has 0 bridgehead atoms. The minimum atomic E-state index is -0.385. The number of rotatable bonds is 3. The smallest absolute Gasteiger partial charge is 0.316 e. The zero-order valence-corrected chi connectivity index (χ0v) is 13.4. The Morgan fingerprint density at radius 2 is 2.05 bits per heavy atom. The first-order valence-electron chi connectivity index (χ1n) is 7.82. The molecular formula is C17H20ClNO3. The van der Waals surface area contributed by atoms with Crippen LogP contribution in [0.1, 0.15) is 37.7 Å². The first-order valence-corrected chi connectivity index (χ1v) is 8.19. The summed E-state index contributed by atoms with van der Waals surface area (Å²) in [6.45, 7) is 2.39. The van der Waals surface area contributed by atoms with E-state index in [2.05, 4.69) is 0 Å². The lowest BCUT2D eigenvalue weighted by Gasteiger charge is -2.23. The van der Waals surface area contributed by atoms with Crippen molar-refractivity contribution in [2.45, 2.75) is 45.1 Å². The second-order valence-electron chi connectivity index (χ2n) is 6.24. The number of hydrogen-bond acceptors (Lipinski definition) is 3. The molecular weight excluding hydrogens is 302 g/mol. The van der Waals surface area contributed by atoms with E-state index in [1.807, 2.05) is 17.9 Å². The van der Waals surface area contributed by atoms with Gasteiger partial charge in [-0.15, -0.1) is 0 Å². The SMILES string of the molecule is Cc1ccc(Cl)c(OC(=O)C2CC(=O)N(C3CCCC3)C2)c1. The van der Waals surface area contributed by atoms with Crippen molar-refractivity contribution in [1.82, 2.24) is 4.90 Å². The number of halogens is 1. The number of aryl methyl sites for hydroxylation is 1. The van der Waals surface area contributed by atoms with Gasteiger partial charge >= 0.3 is 5.97 Å². The van der Waals surface area contributed by atoms with Crippen LogP contribution in [0.4, 0.5) is 0 Å². The summed E-state index contributed by atoms with van der Waals surface area (Å²) in [7, 11) is 0. The molecule has 1 aliphatic heterocycles. The topological polar surface area (TPSA) is 46.6 Å². The molecule has 1 saturated heterocycles. The minimum absolute atomic E-state index is 0.0733. The standard InChI is InChI=1S/C17H20ClNO3/c1-11-6-7-14(18)15(8-11)22-17(21)12-9-16(20)19(10-12)13-4-2-3-5-13/h6-8,12-13H,2-5,9-10H2,1H3. The first-order chi connectivity index (χ1) is 10.5. The van der Waals surface area contributed by atoms with E-state index in [0.29, 0.717) is 23.4 Å². The van der Waals surface area contributed by atoms with E-state index < -0.39 is 0 Å². The third kappa shape index (κ3) is 3.12. The average molecular weight is 322 g/mol. The lowest BCUT2D eigenvalue weighted by molar-refractivity contribution is -0.139. The molecule has 1 unspecified atom stereocenters. The molecule has 0 radical (unpaired) electrons. The monoisotopic (exact) mass is 321 g/mol. The molecule has 1 aromatic rings. The van der Waals surface area contributed by atoms with Crippen molar-refractivity contribution in [3.8, 4) is 5.75 Å². The predicted molar refractivity (Wildman–Crippen MR) is 83.9 cm³/mol. The van der Waals surface area contributed by atoms with Crippen LogP contribution < -0.4 is 4.74 Å². The molecule has 118 valence electrons. The Morgan fingerprint density at radius 3 is 2.77 bits per heavy atom. The molecule has 1 amide bonds. The van der Waals surface area contributed by atoms with Crippen LogP contribution in [0, 0.1) is 12.8 Å². The van der Waals surface area contributed by atoms with Crippen LogP contribution in [0.2, 0.25) is 5.02 Å². The Labute approximate surface area is 135 Å². The van der Waals surface area contributed by atoms with Gasteiger partial charge in [-0.1, -0.05) is 30.5 Å². The van der Waals surface area contributed by atoms with E-state index in [0.717, 1.165) is 18.4 Å². The van der Waals surface area contributed by atoms with Crippen molar-refractivity contribution >= 4 is 23.5 Å². The Hall–Kier alpha value is -1.55. The average Bonchev–Trinajstić information content (AvgIpc) is 3.11. The van der Waals surface area contributed by atoms with Gasteiger partial charge in [0.05, 0.1) is 10.9 Å². The highest BCUT2D eigenvalue weighted by Crippen LogP contribution is 2.31. The molecule has 1 aromatic carbocycles. The Kier molecular flexibility index (Phi) is 4.39. The Morgan fingerprint density at radius 1 is 1.32 bits per heavy atom. The first kappa shape index (κ1) is 15.3. The second-order valence-corrected chi connectivity index (χ2v) is 6.65. The lowest BCUT2D eigenvalue weighted by atomic mass is 10.1. The summed E-state index contributed by atoms with van der Waals surface area (Å²) < 4.78 is 5.42. The Balaban J connectivity index is 1.65. The van der Waals surface area contributed by atoms with Crippen molar-refractivity contribution in [1.29, 1.82) is 0 Å². The van der Waals surface area contributed by atoms with Crippen LogP contribution in [-0.4, -0.2) is 29.4 Å². The highest BCUT2D eigenvalue weighted by Gasteiger charge is 2.39. The number of carbonyl (C=O) groups is 2. The molecule has 0 N–H and O–H groups in total.